The molecule has 156 valence electrons. The van der Waals surface area contributed by atoms with Gasteiger partial charge in [0.25, 0.3) is 11.8 Å². The fraction of sp³-hybridized carbons (Fsp3) is 0.458. The molecule has 3 heterocycles. The molecule has 1 saturated heterocycles. The maximum absolute atomic E-state index is 12.7. The van der Waals surface area contributed by atoms with Gasteiger partial charge >= 0.3 is 0 Å². The number of hydrogen-bond acceptors (Lipinski definition) is 4. The number of hydrogen-bond donors (Lipinski definition) is 1. The lowest BCUT2D eigenvalue weighted by molar-refractivity contribution is 0.0792. The van der Waals surface area contributed by atoms with Gasteiger partial charge in [0.2, 0.25) is 0 Å². The molecule has 0 bridgehead atoms. The number of amides is 2. The summed E-state index contributed by atoms with van der Waals surface area (Å²) in [6.45, 7) is 4.57. The second-order valence-corrected chi connectivity index (χ2v) is 8.71. The Morgan fingerprint density at radius 1 is 1.07 bits per heavy atom. The van der Waals surface area contributed by atoms with Gasteiger partial charge in [-0.15, -0.1) is 0 Å². The number of aromatic nitrogens is 1. The third-order valence-electron chi connectivity index (χ3n) is 6.35. The summed E-state index contributed by atoms with van der Waals surface area (Å²) in [5, 5.41) is 3.06. The molecule has 3 aliphatic rings. The summed E-state index contributed by atoms with van der Waals surface area (Å²) >= 11 is 0. The van der Waals surface area contributed by atoms with Crippen LogP contribution in [0, 0.1) is 6.92 Å². The number of pyridine rings is 1. The van der Waals surface area contributed by atoms with E-state index in [4.69, 9.17) is 4.98 Å². The lowest BCUT2D eigenvalue weighted by Crippen LogP contribution is -2.30. The van der Waals surface area contributed by atoms with Gasteiger partial charge in [-0.1, -0.05) is 0 Å². The Hall–Kier alpha value is -2.89. The van der Waals surface area contributed by atoms with Crippen LogP contribution in [0.3, 0.4) is 0 Å². The van der Waals surface area contributed by atoms with Crippen LogP contribution in [-0.4, -0.2) is 47.4 Å². The Balaban J connectivity index is 1.39. The van der Waals surface area contributed by atoms with Gasteiger partial charge in [0.15, 0.2) is 0 Å². The van der Waals surface area contributed by atoms with Crippen LogP contribution in [0.5, 0.6) is 0 Å². The second kappa shape index (κ2) is 7.74. The maximum Gasteiger partial charge on any atom is 0.255 e. The standard InChI is InChI=1S/C24H28N4O2/c1-16-13-20(8-9-21(16)23(29)26-19-6-7-19)28-12-4-5-17-14-18(15-25-22(17)28)24(30)27-10-2-3-11-27/h8-9,13-15,19H,2-7,10-12H2,1H3,(H,26,29). The Morgan fingerprint density at radius 3 is 2.60 bits per heavy atom. The molecular formula is C24H28N4O2. The van der Waals surface area contributed by atoms with Crippen molar-refractivity contribution in [2.75, 3.05) is 24.5 Å². The van der Waals surface area contributed by atoms with E-state index in [-0.39, 0.29) is 11.8 Å². The minimum atomic E-state index is 0.0174. The second-order valence-electron chi connectivity index (χ2n) is 8.71. The summed E-state index contributed by atoms with van der Waals surface area (Å²) < 4.78 is 0. The van der Waals surface area contributed by atoms with Crippen LogP contribution < -0.4 is 10.2 Å². The molecule has 30 heavy (non-hydrogen) atoms. The van der Waals surface area contributed by atoms with Crippen molar-refractivity contribution in [1.82, 2.24) is 15.2 Å². The van der Waals surface area contributed by atoms with Crippen LogP contribution in [0.4, 0.5) is 11.5 Å². The molecular weight excluding hydrogens is 376 g/mol. The molecule has 2 aliphatic heterocycles. The van der Waals surface area contributed by atoms with Crippen molar-refractivity contribution in [3.8, 4) is 0 Å². The summed E-state index contributed by atoms with van der Waals surface area (Å²) in [5.74, 6) is 1.04. The summed E-state index contributed by atoms with van der Waals surface area (Å²) in [4.78, 5) is 34.0. The van der Waals surface area contributed by atoms with Crippen LogP contribution >= 0.6 is 0 Å². The zero-order valence-electron chi connectivity index (χ0n) is 17.5. The highest BCUT2D eigenvalue weighted by molar-refractivity contribution is 5.97. The quantitative estimate of drug-likeness (QED) is 0.846. The first-order chi connectivity index (χ1) is 14.6. The highest BCUT2D eigenvalue weighted by atomic mass is 16.2. The van der Waals surface area contributed by atoms with E-state index in [0.717, 1.165) is 86.4 Å². The van der Waals surface area contributed by atoms with Crippen molar-refractivity contribution in [1.29, 1.82) is 0 Å². The summed E-state index contributed by atoms with van der Waals surface area (Å²) in [6, 6.07) is 8.38. The Kier molecular flexibility index (Phi) is 4.93. The lowest BCUT2D eigenvalue weighted by Gasteiger charge is -2.31. The van der Waals surface area contributed by atoms with Crippen molar-refractivity contribution in [3.63, 3.8) is 0 Å². The van der Waals surface area contributed by atoms with Gasteiger partial charge in [0, 0.05) is 43.1 Å². The molecule has 0 atom stereocenters. The zero-order valence-corrected chi connectivity index (χ0v) is 17.5. The molecule has 1 aliphatic carbocycles. The van der Waals surface area contributed by atoms with Gasteiger partial charge in [0.05, 0.1) is 5.56 Å². The molecule has 0 radical (unpaired) electrons. The van der Waals surface area contributed by atoms with E-state index < -0.39 is 0 Å². The minimum absolute atomic E-state index is 0.0174. The van der Waals surface area contributed by atoms with Crippen molar-refractivity contribution < 1.29 is 9.59 Å². The van der Waals surface area contributed by atoms with E-state index in [1.54, 1.807) is 6.20 Å². The van der Waals surface area contributed by atoms with Gasteiger partial charge in [-0.25, -0.2) is 4.98 Å². The molecule has 1 aromatic carbocycles. The predicted octanol–water partition coefficient (Wildman–Crippen LogP) is 3.60. The fourth-order valence-electron chi connectivity index (χ4n) is 4.50. The number of rotatable bonds is 4. The monoisotopic (exact) mass is 404 g/mol. The predicted molar refractivity (Wildman–Crippen MR) is 116 cm³/mol. The number of nitrogens with one attached hydrogen (secondary N) is 1. The molecule has 1 N–H and O–H groups in total. The maximum atomic E-state index is 12.7. The van der Waals surface area contributed by atoms with Gasteiger partial charge in [-0.2, -0.15) is 0 Å². The largest absolute Gasteiger partial charge is 0.349 e. The molecule has 6 nitrogen and oxygen atoms in total. The topological polar surface area (TPSA) is 65.5 Å². The van der Waals surface area contributed by atoms with Crippen LogP contribution in [0.1, 0.15) is 63.9 Å². The third-order valence-corrected chi connectivity index (χ3v) is 6.35. The van der Waals surface area contributed by atoms with Gasteiger partial charge in [0.1, 0.15) is 5.82 Å². The highest BCUT2D eigenvalue weighted by Crippen LogP contribution is 2.33. The average molecular weight is 405 g/mol. The number of carbonyl (C=O) groups excluding carboxylic acids is 2. The van der Waals surface area contributed by atoms with E-state index in [1.165, 1.54) is 0 Å². The normalized spacial score (nSPS) is 18.3. The summed E-state index contributed by atoms with van der Waals surface area (Å²) in [5.41, 5.74) is 4.57. The molecule has 2 aromatic rings. The molecule has 0 unspecified atom stereocenters. The van der Waals surface area contributed by atoms with E-state index >= 15 is 0 Å². The van der Waals surface area contributed by atoms with E-state index in [1.807, 2.05) is 30.0 Å². The van der Waals surface area contributed by atoms with Crippen LogP contribution in [0.25, 0.3) is 0 Å². The first-order valence-electron chi connectivity index (χ1n) is 11.1. The Morgan fingerprint density at radius 2 is 1.87 bits per heavy atom. The fourth-order valence-corrected chi connectivity index (χ4v) is 4.50. The minimum Gasteiger partial charge on any atom is -0.349 e. The van der Waals surface area contributed by atoms with E-state index in [0.29, 0.717) is 11.6 Å². The van der Waals surface area contributed by atoms with Crippen molar-refractivity contribution in [2.45, 2.75) is 51.5 Å². The number of nitrogens with zero attached hydrogens (tertiary/aromatic N) is 3. The summed E-state index contributed by atoms with van der Waals surface area (Å²) in [6.07, 6.45) is 8.02. The van der Waals surface area contributed by atoms with Gasteiger partial charge in [-0.05, 0) is 80.8 Å². The molecule has 1 aromatic heterocycles. The Bertz CT molecular complexity index is 993. The number of aryl methyl sites for hydroxylation is 2. The van der Waals surface area contributed by atoms with Crippen molar-refractivity contribution in [2.24, 2.45) is 0 Å². The van der Waals surface area contributed by atoms with Crippen molar-refractivity contribution in [3.05, 3.63) is 52.7 Å². The van der Waals surface area contributed by atoms with Crippen LogP contribution in [-0.2, 0) is 6.42 Å². The number of anilines is 2. The van der Waals surface area contributed by atoms with E-state index in [2.05, 4.69) is 16.3 Å². The average Bonchev–Trinajstić information content (AvgIpc) is 3.40. The molecule has 1 saturated carbocycles. The third kappa shape index (κ3) is 3.66. The molecule has 2 fully saturated rings. The molecule has 2 amide bonds. The highest BCUT2D eigenvalue weighted by Gasteiger charge is 2.26. The zero-order chi connectivity index (χ0) is 20.7. The summed E-state index contributed by atoms with van der Waals surface area (Å²) in [7, 11) is 0. The number of benzene rings is 1. The van der Waals surface area contributed by atoms with Crippen LogP contribution in [0.2, 0.25) is 0 Å². The molecule has 0 spiro atoms. The first-order valence-corrected chi connectivity index (χ1v) is 11.1. The number of carbonyl (C=O) groups is 2. The lowest BCUT2D eigenvalue weighted by atomic mass is 10.0. The smallest absolute Gasteiger partial charge is 0.255 e. The first kappa shape index (κ1) is 19.1. The van der Waals surface area contributed by atoms with E-state index in [9.17, 15) is 9.59 Å². The van der Waals surface area contributed by atoms with Crippen LogP contribution in [0.15, 0.2) is 30.5 Å². The number of fused-ring (bicyclic) bond motifs is 1. The van der Waals surface area contributed by atoms with Gasteiger partial charge < -0.3 is 15.1 Å². The number of likely N-dealkylation sites (tertiary alicyclic amines) is 1. The van der Waals surface area contributed by atoms with Crippen molar-refractivity contribution >= 4 is 23.3 Å². The Labute approximate surface area is 177 Å². The SMILES string of the molecule is Cc1cc(N2CCCc3cc(C(=O)N4CCCC4)cnc32)ccc1C(=O)NC1CC1. The molecule has 5 rings (SSSR count). The van der Waals surface area contributed by atoms with Gasteiger partial charge in [-0.3, -0.25) is 9.59 Å². The molecule has 6 heteroatoms.